The third-order valence-corrected chi connectivity index (χ3v) is 5.45. The summed E-state index contributed by atoms with van der Waals surface area (Å²) >= 11 is 0. The Labute approximate surface area is 147 Å². The predicted molar refractivity (Wildman–Crippen MR) is 101 cm³/mol. The first kappa shape index (κ1) is 18.8. The molecule has 0 N–H and O–H groups in total. The molecule has 0 bridgehead atoms. The van der Waals surface area contributed by atoms with Crippen LogP contribution in [0.2, 0.25) is 0 Å². The van der Waals surface area contributed by atoms with Gasteiger partial charge in [0.15, 0.2) is 0 Å². The van der Waals surface area contributed by atoms with Crippen LogP contribution >= 0.6 is 0 Å². The summed E-state index contributed by atoms with van der Waals surface area (Å²) < 4.78 is 5.31. The highest BCUT2D eigenvalue weighted by Crippen LogP contribution is 2.47. The average molecular weight is 328 g/mol. The van der Waals surface area contributed by atoms with E-state index < -0.39 is 0 Å². The highest BCUT2D eigenvalue weighted by Gasteiger charge is 2.38. The van der Waals surface area contributed by atoms with Gasteiger partial charge in [0.05, 0.1) is 12.2 Å². The first-order valence-corrected chi connectivity index (χ1v) is 9.02. The van der Waals surface area contributed by atoms with Crippen LogP contribution in [0.15, 0.2) is 17.7 Å². The Balaban J connectivity index is 2.71. The third-order valence-electron chi connectivity index (χ3n) is 5.45. The molecular formula is C22H32O2. The predicted octanol–water partition coefficient (Wildman–Crippen LogP) is 5.70. The fraction of sp³-hybridized carbons (Fsp3) is 0.591. The van der Waals surface area contributed by atoms with Crippen molar-refractivity contribution in [3.8, 4) is 0 Å². The molecule has 2 heteroatoms. The first-order chi connectivity index (χ1) is 11.0. The maximum atomic E-state index is 12.5. The van der Waals surface area contributed by atoms with E-state index in [1.165, 1.54) is 24.0 Å². The molecular weight excluding hydrogens is 296 g/mol. The zero-order chi connectivity index (χ0) is 18.3. The van der Waals surface area contributed by atoms with Crippen LogP contribution in [0.1, 0.15) is 83.6 Å². The molecule has 0 amide bonds. The zero-order valence-corrected chi connectivity index (χ0v) is 16.6. The smallest absolute Gasteiger partial charge is 0.338 e. The topological polar surface area (TPSA) is 26.3 Å². The molecule has 0 fully saturated rings. The van der Waals surface area contributed by atoms with Gasteiger partial charge in [-0.25, -0.2) is 4.79 Å². The third kappa shape index (κ3) is 3.29. The number of hydrogen-bond donors (Lipinski definition) is 0. The van der Waals surface area contributed by atoms with Gasteiger partial charge in [0.25, 0.3) is 0 Å². The first-order valence-electron chi connectivity index (χ1n) is 9.02. The maximum Gasteiger partial charge on any atom is 0.338 e. The highest BCUT2D eigenvalue weighted by molar-refractivity contribution is 6.17. The molecule has 1 aromatic carbocycles. The Morgan fingerprint density at radius 2 is 1.54 bits per heavy atom. The molecule has 0 aromatic heterocycles. The summed E-state index contributed by atoms with van der Waals surface area (Å²) in [5, 5.41) is 0. The van der Waals surface area contributed by atoms with Gasteiger partial charge >= 0.3 is 5.97 Å². The molecule has 1 aromatic rings. The van der Waals surface area contributed by atoms with Crippen LogP contribution in [-0.4, -0.2) is 12.6 Å². The van der Waals surface area contributed by atoms with Crippen molar-refractivity contribution in [2.24, 2.45) is 0 Å². The minimum absolute atomic E-state index is 0.134. The van der Waals surface area contributed by atoms with Gasteiger partial charge in [-0.15, -0.1) is 0 Å². The van der Waals surface area contributed by atoms with E-state index in [-0.39, 0.29) is 16.8 Å². The second-order valence-corrected chi connectivity index (χ2v) is 8.58. The number of rotatable bonds is 3. The van der Waals surface area contributed by atoms with E-state index in [4.69, 9.17) is 4.74 Å². The number of fused-ring (bicyclic) bond motifs is 1. The van der Waals surface area contributed by atoms with Crippen molar-refractivity contribution in [1.82, 2.24) is 0 Å². The second-order valence-electron chi connectivity index (χ2n) is 8.58. The standard InChI is InChI=1S/C22H32O2/c1-9-24-20(23)19(14(2)3)16-13-18-17(12-15(16)4)21(5,6)10-11-22(18,7)8/h12-13H,9-11H2,1-8H3. The summed E-state index contributed by atoms with van der Waals surface area (Å²) in [5.41, 5.74) is 7.03. The molecule has 0 aliphatic heterocycles. The summed E-state index contributed by atoms with van der Waals surface area (Å²) in [6.45, 7) is 17.6. The minimum atomic E-state index is -0.214. The van der Waals surface area contributed by atoms with Crippen molar-refractivity contribution in [3.05, 3.63) is 40.0 Å². The minimum Gasteiger partial charge on any atom is -0.462 e. The molecule has 0 spiro atoms. The van der Waals surface area contributed by atoms with Gasteiger partial charge in [0.1, 0.15) is 0 Å². The summed E-state index contributed by atoms with van der Waals surface area (Å²) in [5.74, 6) is -0.214. The molecule has 1 aliphatic rings. The van der Waals surface area contributed by atoms with E-state index in [0.717, 1.165) is 22.3 Å². The molecule has 0 atom stereocenters. The Kier molecular flexibility index (Phi) is 4.99. The van der Waals surface area contributed by atoms with Crippen LogP contribution < -0.4 is 0 Å². The lowest BCUT2D eigenvalue weighted by Crippen LogP contribution is -2.34. The van der Waals surface area contributed by atoms with Crippen LogP contribution in [0, 0.1) is 6.92 Å². The quantitative estimate of drug-likeness (QED) is 0.525. The molecule has 24 heavy (non-hydrogen) atoms. The normalized spacial score (nSPS) is 17.8. The SMILES string of the molecule is CCOC(=O)C(=C(C)C)c1cc2c(cc1C)C(C)(C)CCC2(C)C. The van der Waals surface area contributed by atoms with Crippen molar-refractivity contribution >= 4 is 11.5 Å². The van der Waals surface area contributed by atoms with Crippen molar-refractivity contribution in [3.63, 3.8) is 0 Å². The summed E-state index contributed by atoms with van der Waals surface area (Å²) in [7, 11) is 0. The van der Waals surface area contributed by atoms with Gasteiger partial charge in [-0.05, 0) is 79.7 Å². The van der Waals surface area contributed by atoms with E-state index in [2.05, 4.69) is 46.8 Å². The van der Waals surface area contributed by atoms with Gasteiger partial charge in [0, 0.05) is 0 Å². The number of esters is 1. The summed E-state index contributed by atoms with van der Waals surface area (Å²) in [6, 6.07) is 4.55. The fourth-order valence-electron chi connectivity index (χ4n) is 3.78. The van der Waals surface area contributed by atoms with E-state index >= 15 is 0 Å². The fourth-order valence-corrected chi connectivity index (χ4v) is 3.78. The lowest BCUT2D eigenvalue weighted by molar-refractivity contribution is -0.136. The van der Waals surface area contributed by atoms with Crippen LogP contribution in [0.25, 0.3) is 5.57 Å². The number of benzene rings is 1. The Morgan fingerprint density at radius 1 is 1.04 bits per heavy atom. The largest absolute Gasteiger partial charge is 0.462 e. The lowest BCUT2D eigenvalue weighted by atomic mass is 9.62. The van der Waals surface area contributed by atoms with Crippen molar-refractivity contribution in [1.29, 1.82) is 0 Å². The maximum absolute atomic E-state index is 12.5. The Morgan fingerprint density at radius 3 is 2.00 bits per heavy atom. The van der Waals surface area contributed by atoms with Crippen LogP contribution in [0.5, 0.6) is 0 Å². The molecule has 2 rings (SSSR count). The molecule has 0 saturated heterocycles. The van der Waals surface area contributed by atoms with E-state index in [9.17, 15) is 4.79 Å². The number of hydrogen-bond acceptors (Lipinski definition) is 2. The van der Waals surface area contributed by atoms with Gasteiger partial charge in [-0.1, -0.05) is 39.3 Å². The summed E-state index contributed by atoms with van der Waals surface area (Å²) in [4.78, 5) is 12.5. The zero-order valence-electron chi connectivity index (χ0n) is 16.6. The summed E-state index contributed by atoms with van der Waals surface area (Å²) in [6.07, 6.45) is 2.36. The van der Waals surface area contributed by atoms with Crippen molar-refractivity contribution < 1.29 is 9.53 Å². The van der Waals surface area contributed by atoms with Gasteiger partial charge in [-0.2, -0.15) is 0 Å². The van der Waals surface area contributed by atoms with Gasteiger partial charge in [-0.3, -0.25) is 0 Å². The van der Waals surface area contributed by atoms with Crippen LogP contribution in [-0.2, 0) is 20.4 Å². The number of carbonyl (C=O) groups excluding carboxylic acids is 1. The van der Waals surface area contributed by atoms with Crippen LogP contribution in [0.3, 0.4) is 0 Å². The van der Waals surface area contributed by atoms with Crippen molar-refractivity contribution in [2.75, 3.05) is 6.61 Å². The lowest BCUT2D eigenvalue weighted by Gasteiger charge is -2.42. The monoisotopic (exact) mass is 328 g/mol. The van der Waals surface area contributed by atoms with Gasteiger partial charge < -0.3 is 4.74 Å². The number of ether oxygens (including phenoxy) is 1. The van der Waals surface area contributed by atoms with Crippen LogP contribution in [0.4, 0.5) is 0 Å². The highest BCUT2D eigenvalue weighted by atomic mass is 16.5. The van der Waals surface area contributed by atoms with Crippen molar-refractivity contribution in [2.45, 2.75) is 79.1 Å². The van der Waals surface area contributed by atoms with Gasteiger partial charge in [0.2, 0.25) is 0 Å². The molecule has 1 aliphatic carbocycles. The Bertz CT molecular complexity index is 686. The number of aryl methyl sites for hydroxylation is 1. The van der Waals surface area contributed by atoms with E-state index in [0.29, 0.717) is 6.61 Å². The number of allylic oxidation sites excluding steroid dienone is 1. The second kappa shape index (κ2) is 6.38. The molecule has 0 heterocycles. The molecule has 132 valence electrons. The van der Waals surface area contributed by atoms with E-state index in [1.54, 1.807) is 0 Å². The molecule has 0 unspecified atom stereocenters. The molecule has 0 saturated carbocycles. The number of carbonyl (C=O) groups is 1. The Hall–Kier alpha value is -1.57. The molecule has 0 radical (unpaired) electrons. The van der Waals surface area contributed by atoms with E-state index in [1.807, 2.05) is 20.8 Å². The molecule has 2 nitrogen and oxygen atoms in total. The average Bonchev–Trinajstić information content (AvgIpc) is 2.45.